The van der Waals surface area contributed by atoms with Gasteiger partial charge in [-0.2, -0.15) is 0 Å². The van der Waals surface area contributed by atoms with Crippen LogP contribution in [0.25, 0.3) is 28.2 Å². The number of aromatic amines is 1. The lowest BCUT2D eigenvalue weighted by Gasteiger charge is -2.26. The quantitative estimate of drug-likeness (QED) is 0.203. The Labute approximate surface area is 267 Å². The van der Waals surface area contributed by atoms with Crippen LogP contribution in [0.5, 0.6) is 5.75 Å². The molecule has 0 radical (unpaired) electrons. The third-order valence-electron chi connectivity index (χ3n) is 7.70. The minimum absolute atomic E-state index is 0.249. The summed E-state index contributed by atoms with van der Waals surface area (Å²) in [7, 11) is 1.57. The summed E-state index contributed by atoms with van der Waals surface area (Å²) in [4.78, 5) is 36.9. The van der Waals surface area contributed by atoms with Crippen LogP contribution in [0.1, 0.15) is 49.1 Å². The average Bonchev–Trinajstić information content (AvgIpc) is 3.49. The highest BCUT2D eigenvalue weighted by atomic mass is 79.9. The number of nitrogens with one attached hydrogen (secondary N) is 1. The van der Waals surface area contributed by atoms with Gasteiger partial charge in [-0.1, -0.05) is 69.2 Å². The molecule has 1 atom stereocenters. The molecule has 44 heavy (non-hydrogen) atoms. The summed E-state index contributed by atoms with van der Waals surface area (Å²) in [6, 6.07) is 19.2. The monoisotopic (exact) mass is 669 g/mol. The normalized spacial score (nSPS) is 15.1. The molecule has 0 spiro atoms. The number of fused-ring (bicyclic) bond motifs is 2. The number of methoxy groups -OCH3 is 1. The Balaban J connectivity index is 1.65. The van der Waals surface area contributed by atoms with Crippen LogP contribution in [0.2, 0.25) is 0 Å². The number of hydrogen-bond acceptors (Lipinski definition) is 6. The van der Waals surface area contributed by atoms with E-state index in [1.165, 1.54) is 11.3 Å². The number of carbonyl (C=O) groups is 1. The molecule has 5 aromatic rings. The third-order valence-corrected chi connectivity index (χ3v) is 9.17. The highest BCUT2D eigenvalue weighted by Crippen LogP contribution is 2.38. The van der Waals surface area contributed by atoms with Crippen LogP contribution in [0.4, 0.5) is 0 Å². The van der Waals surface area contributed by atoms with Gasteiger partial charge in [0.05, 0.1) is 34.7 Å². The molecule has 7 nitrogen and oxygen atoms in total. The SMILES string of the molecule is COc1ccc(Br)cc1[C@H]1C(C(=O)OC(C)C)=C(C)N=c2s/c(=C\c3c(-c4ccccc4)[nH]c4c(C)cc(C)cc34)c(=O)n21. The Morgan fingerprint density at radius 1 is 1.09 bits per heavy atom. The number of halogens is 1. The zero-order valence-electron chi connectivity index (χ0n) is 25.3. The molecule has 1 aliphatic rings. The molecule has 0 bridgehead atoms. The van der Waals surface area contributed by atoms with E-state index in [1.54, 1.807) is 32.4 Å². The summed E-state index contributed by atoms with van der Waals surface area (Å²) in [5, 5.41) is 1.04. The number of carbonyl (C=O) groups excluding carboxylic acids is 1. The fourth-order valence-electron chi connectivity index (χ4n) is 5.86. The number of H-pyrrole nitrogens is 1. The number of benzene rings is 3. The number of aromatic nitrogens is 2. The smallest absolute Gasteiger partial charge is 0.338 e. The number of nitrogens with zero attached hydrogens (tertiary/aromatic N) is 2. The van der Waals surface area contributed by atoms with Crippen LogP contribution >= 0.6 is 27.3 Å². The minimum Gasteiger partial charge on any atom is -0.496 e. The Kier molecular flexibility index (Phi) is 7.94. The second-order valence-electron chi connectivity index (χ2n) is 11.2. The van der Waals surface area contributed by atoms with Gasteiger partial charge in [0.15, 0.2) is 4.80 Å². The molecule has 1 N–H and O–H groups in total. The Morgan fingerprint density at radius 2 is 1.84 bits per heavy atom. The van der Waals surface area contributed by atoms with Crippen LogP contribution < -0.4 is 19.6 Å². The first-order valence-electron chi connectivity index (χ1n) is 14.3. The van der Waals surface area contributed by atoms with Gasteiger partial charge in [-0.15, -0.1) is 0 Å². The van der Waals surface area contributed by atoms with E-state index in [2.05, 4.69) is 59.0 Å². The fourth-order valence-corrected chi connectivity index (χ4v) is 7.27. The van der Waals surface area contributed by atoms with E-state index in [9.17, 15) is 9.59 Å². The van der Waals surface area contributed by atoms with Gasteiger partial charge in [-0.25, -0.2) is 9.79 Å². The molecular weight excluding hydrogens is 638 g/mol. The molecule has 3 aromatic carbocycles. The molecule has 0 fully saturated rings. The van der Waals surface area contributed by atoms with Crippen molar-refractivity contribution in [1.82, 2.24) is 9.55 Å². The zero-order valence-corrected chi connectivity index (χ0v) is 27.7. The molecule has 9 heteroatoms. The van der Waals surface area contributed by atoms with Crippen molar-refractivity contribution in [3.05, 3.63) is 118 Å². The summed E-state index contributed by atoms with van der Waals surface area (Å²) in [5.41, 5.74) is 7.38. The van der Waals surface area contributed by atoms with Crippen molar-refractivity contribution in [2.45, 2.75) is 46.8 Å². The molecule has 6 rings (SSSR count). The molecule has 0 unspecified atom stereocenters. The summed E-state index contributed by atoms with van der Waals surface area (Å²) in [6.07, 6.45) is 1.60. The first-order valence-corrected chi connectivity index (χ1v) is 15.9. The van der Waals surface area contributed by atoms with Gasteiger partial charge in [0, 0.05) is 26.5 Å². The highest BCUT2D eigenvalue weighted by Gasteiger charge is 2.35. The number of rotatable bonds is 6. The van der Waals surface area contributed by atoms with Crippen molar-refractivity contribution in [3.8, 4) is 17.0 Å². The molecular formula is C35H32BrN3O4S. The fraction of sp³-hybridized carbons (Fsp3) is 0.229. The summed E-state index contributed by atoms with van der Waals surface area (Å²) >= 11 is 4.87. The number of ether oxygens (including phenoxy) is 2. The van der Waals surface area contributed by atoms with Crippen LogP contribution in [-0.2, 0) is 9.53 Å². The van der Waals surface area contributed by atoms with Gasteiger partial charge >= 0.3 is 5.97 Å². The topological polar surface area (TPSA) is 85.7 Å². The van der Waals surface area contributed by atoms with Crippen molar-refractivity contribution in [1.29, 1.82) is 0 Å². The van der Waals surface area contributed by atoms with Crippen molar-refractivity contribution in [2.24, 2.45) is 4.99 Å². The van der Waals surface area contributed by atoms with Gasteiger partial charge in [0.25, 0.3) is 5.56 Å². The number of aryl methyl sites for hydroxylation is 2. The van der Waals surface area contributed by atoms with Crippen LogP contribution in [-0.4, -0.2) is 28.7 Å². The van der Waals surface area contributed by atoms with Gasteiger partial charge in [-0.05, 0) is 76.1 Å². The van der Waals surface area contributed by atoms with Crippen LogP contribution in [0.15, 0.2) is 86.2 Å². The van der Waals surface area contributed by atoms with E-state index in [0.717, 1.165) is 43.3 Å². The first-order chi connectivity index (χ1) is 21.1. The van der Waals surface area contributed by atoms with E-state index in [0.29, 0.717) is 31.9 Å². The lowest BCUT2D eigenvalue weighted by molar-refractivity contribution is -0.143. The lowest BCUT2D eigenvalue weighted by Crippen LogP contribution is -2.40. The van der Waals surface area contributed by atoms with E-state index >= 15 is 0 Å². The van der Waals surface area contributed by atoms with Crippen molar-refractivity contribution in [3.63, 3.8) is 0 Å². The Hall–Kier alpha value is -4.21. The summed E-state index contributed by atoms with van der Waals surface area (Å²) in [5.74, 6) is 0.0303. The maximum absolute atomic E-state index is 14.5. The highest BCUT2D eigenvalue weighted by molar-refractivity contribution is 9.10. The summed E-state index contributed by atoms with van der Waals surface area (Å²) in [6.45, 7) is 9.54. The Bertz CT molecular complexity index is 2160. The lowest BCUT2D eigenvalue weighted by atomic mass is 9.95. The molecule has 0 saturated heterocycles. The summed E-state index contributed by atoms with van der Waals surface area (Å²) < 4.78 is 14.3. The zero-order chi connectivity index (χ0) is 31.3. The third kappa shape index (κ3) is 5.24. The van der Waals surface area contributed by atoms with Crippen LogP contribution in [0, 0.1) is 13.8 Å². The Morgan fingerprint density at radius 3 is 2.55 bits per heavy atom. The van der Waals surface area contributed by atoms with E-state index in [4.69, 9.17) is 14.5 Å². The maximum Gasteiger partial charge on any atom is 0.338 e. The van der Waals surface area contributed by atoms with Gasteiger partial charge in [0.1, 0.15) is 11.8 Å². The molecule has 224 valence electrons. The predicted octanol–water partition coefficient (Wildman–Crippen LogP) is 6.72. The number of hydrogen-bond donors (Lipinski definition) is 1. The molecule has 0 saturated carbocycles. The van der Waals surface area contributed by atoms with Crippen LogP contribution in [0.3, 0.4) is 0 Å². The van der Waals surface area contributed by atoms with Crippen molar-refractivity contribution in [2.75, 3.05) is 7.11 Å². The maximum atomic E-state index is 14.5. The van der Waals surface area contributed by atoms with E-state index in [-0.39, 0.29) is 11.7 Å². The first kappa shape index (κ1) is 29.8. The van der Waals surface area contributed by atoms with Crippen molar-refractivity contribution < 1.29 is 14.3 Å². The van der Waals surface area contributed by atoms with Gasteiger partial charge in [0.2, 0.25) is 0 Å². The minimum atomic E-state index is -0.798. The molecule has 3 heterocycles. The van der Waals surface area contributed by atoms with E-state index in [1.807, 2.05) is 42.5 Å². The van der Waals surface area contributed by atoms with Crippen molar-refractivity contribution >= 4 is 50.2 Å². The molecule has 1 aliphatic heterocycles. The largest absolute Gasteiger partial charge is 0.496 e. The van der Waals surface area contributed by atoms with E-state index < -0.39 is 12.0 Å². The second-order valence-corrected chi connectivity index (χ2v) is 13.1. The second kappa shape index (κ2) is 11.7. The van der Waals surface area contributed by atoms with Gasteiger partial charge < -0.3 is 14.5 Å². The molecule has 2 aromatic heterocycles. The number of esters is 1. The van der Waals surface area contributed by atoms with Gasteiger partial charge in [-0.3, -0.25) is 9.36 Å². The average molecular weight is 671 g/mol. The predicted molar refractivity (Wildman–Crippen MR) is 179 cm³/mol. The molecule has 0 aliphatic carbocycles. The number of thiazole rings is 1. The molecule has 0 amide bonds. The number of allylic oxidation sites excluding steroid dienone is 1. The standard InChI is InChI=1S/C35H32BrN3O4S/c1-18(2)43-34(41)29-21(5)37-35-39(32(29)26-16-23(36)12-13-27(26)42-6)33(40)28(44-35)17-25-24-15-19(3)14-20(4)30(24)38-31(25)22-10-8-7-9-11-22/h7-18,32,38H,1-6H3/b28-17-/t32-/m0/s1.